The lowest BCUT2D eigenvalue weighted by atomic mass is 10.1. The molecule has 0 spiro atoms. The Kier molecular flexibility index (Phi) is 4.18. The smallest absolute Gasteiger partial charge is 0.251 e. The van der Waals surface area contributed by atoms with Crippen molar-refractivity contribution >= 4 is 5.91 Å². The van der Waals surface area contributed by atoms with E-state index in [1.54, 1.807) is 6.07 Å². The normalized spacial score (nSPS) is 20.4. The molecular weight excluding hydrogens is 243 g/mol. The molecule has 1 aromatic carbocycles. The average Bonchev–Trinajstić information content (AvgIpc) is 3.10. The van der Waals surface area contributed by atoms with Gasteiger partial charge in [-0.1, -0.05) is 18.8 Å². The van der Waals surface area contributed by atoms with Crippen LogP contribution in [-0.2, 0) is 0 Å². The third kappa shape index (κ3) is 3.55. The summed E-state index contributed by atoms with van der Waals surface area (Å²) in [5, 5.41) is 2.82. The molecule has 3 N–H and O–H groups in total. The van der Waals surface area contributed by atoms with Crippen LogP contribution in [0.25, 0.3) is 0 Å². The number of hydrogen-bond acceptors (Lipinski definition) is 2. The van der Waals surface area contributed by atoms with E-state index < -0.39 is 5.82 Å². The van der Waals surface area contributed by atoms with Gasteiger partial charge >= 0.3 is 0 Å². The molecule has 19 heavy (non-hydrogen) atoms. The molecule has 0 aliphatic heterocycles. The predicted octanol–water partition coefficient (Wildman–Crippen LogP) is 1.52. The second kappa shape index (κ2) is 5.85. The Bertz CT molecular complexity index is 545. The molecule has 1 saturated carbocycles. The fraction of sp³-hybridized carbons (Fsp3) is 0.400. The lowest BCUT2D eigenvalue weighted by Gasteiger charge is -2.05. The Hall–Kier alpha value is -1.86. The van der Waals surface area contributed by atoms with E-state index >= 15 is 0 Å². The molecule has 1 fully saturated rings. The summed E-state index contributed by atoms with van der Waals surface area (Å²) in [6, 6.07) is 4.30. The number of carbonyl (C=O) groups excluding carboxylic acids is 1. The highest BCUT2D eigenvalue weighted by atomic mass is 19.1. The largest absolute Gasteiger partial charge is 0.352 e. The summed E-state index contributed by atoms with van der Waals surface area (Å²) in [7, 11) is 0. The maximum absolute atomic E-state index is 13.7. The van der Waals surface area contributed by atoms with Crippen LogP contribution in [0.4, 0.5) is 4.39 Å². The summed E-state index contributed by atoms with van der Waals surface area (Å²) in [4.78, 5) is 11.8. The first-order valence-electron chi connectivity index (χ1n) is 6.38. The molecule has 3 nitrogen and oxygen atoms in total. The minimum absolute atomic E-state index is 0.182. The van der Waals surface area contributed by atoms with Crippen molar-refractivity contribution in [1.29, 1.82) is 0 Å². The predicted molar refractivity (Wildman–Crippen MR) is 71.9 cm³/mol. The van der Waals surface area contributed by atoms with E-state index in [0.29, 0.717) is 23.9 Å². The van der Waals surface area contributed by atoms with Crippen molar-refractivity contribution in [2.24, 2.45) is 17.6 Å². The summed E-state index contributed by atoms with van der Waals surface area (Å²) in [5.74, 6) is 5.73. The minimum Gasteiger partial charge on any atom is -0.352 e. The second-order valence-electron chi connectivity index (χ2n) is 4.88. The van der Waals surface area contributed by atoms with Gasteiger partial charge in [0.05, 0.1) is 12.1 Å². The summed E-state index contributed by atoms with van der Waals surface area (Å²) in [6.07, 6.45) is 1.16. The quantitative estimate of drug-likeness (QED) is 0.810. The molecule has 1 aliphatic rings. The maximum Gasteiger partial charge on any atom is 0.251 e. The van der Waals surface area contributed by atoms with Crippen molar-refractivity contribution in [3.63, 3.8) is 0 Å². The van der Waals surface area contributed by atoms with Crippen LogP contribution < -0.4 is 11.1 Å². The highest BCUT2D eigenvalue weighted by Crippen LogP contribution is 2.36. The molecule has 2 unspecified atom stereocenters. The van der Waals surface area contributed by atoms with E-state index in [-0.39, 0.29) is 18.0 Å². The number of benzene rings is 1. The van der Waals surface area contributed by atoms with E-state index in [1.807, 2.05) is 0 Å². The Morgan fingerprint density at radius 2 is 2.32 bits per heavy atom. The van der Waals surface area contributed by atoms with Crippen LogP contribution in [0.15, 0.2) is 18.2 Å². The minimum atomic E-state index is -0.492. The lowest BCUT2D eigenvalue weighted by molar-refractivity contribution is 0.0951. The van der Waals surface area contributed by atoms with Crippen LogP contribution in [0.1, 0.15) is 29.3 Å². The third-order valence-corrected chi connectivity index (χ3v) is 3.36. The summed E-state index contributed by atoms with van der Waals surface area (Å²) >= 11 is 0. The highest BCUT2D eigenvalue weighted by Gasteiger charge is 2.32. The first-order valence-corrected chi connectivity index (χ1v) is 6.38. The monoisotopic (exact) mass is 260 g/mol. The number of carbonyl (C=O) groups is 1. The van der Waals surface area contributed by atoms with Gasteiger partial charge in [0.2, 0.25) is 0 Å². The molecule has 2 rings (SSSR count). The van der Waals surface area contributed by atoms with Crippen LogP contribution in [0.3, 0.4) is 0 Å². The van der Waals surface area contributed by atoms with Gasteiger partial charge in [-0.25, -0.2) is 4.39 Å². The summed E-state index contributed by atoms with van der Waals surface area (Å²) in [5.41, 5.74) is 5.81. The number of rotatable bonds is 3. The first-order chi connectivity index (χ1) is 9.11. The Morgan fingerprint density at radius 3 is 2.89 bits per heavy atom. The van der Waals surface area contributed by atoms with E-state index in [9.17, 15) is 9.18 Å². The molecule has 0 radical (unpaired) electrons. The molecule has 1 aliphatic carbocycles. The van der Waals surface area contributed by atoms with E-state index in [4.69, 9.17) is 5.73 Å². The zero-order valence-electron chi connectivity index (χ0n) is 10.9. The molecule has 1 amide bonds. The SMILES string of the molecule is CC1CC1CNC(=O)c1ccc(C#CCN)c(F)c1. The molecule has 0 heterocycles. The van der Waals surface area contributed by atoms with Gasteiger partial charge in [0.1, 0.15) is 5.82 Å². The van der Waals surface area contributed by atoms with Gasteiger partial charge in [0.25, 0.3) is 5.91 Å². The Labute approximate surface area is 112 Å². The molecule has 100 valence electrons. The number of halogens is 1. The van der Waals surface area contributed by atoms with E-state index in [1.165, 1.54) is 12.1 Å². The van der Waals surface area contributed by atoms with Crippen LogP contribution in [0, 0.1) is 29.5 Å². The molecule has 4 heteroatoms. The van der Waals surface area contributed by atoms with Gasteiger partial charge in [-0.2, -0.15) is 0 Å². The number of nitrogens with one attached hydrogen (secondary N) is 1. The van der Waals surface area contributed by atoms with Crippen molar-refractivity contribution in [2.45, 2.75) is 13.3 Å². The van der Waals surface area contributed by atoms with Crippen LogP contribution >= 0.6 is 0 Å². The van der Waals surface area contributed by atoms with Gasteiger partial charge in [-0.3, -0.25) is 4.79 Å². The fourth-order valence-corrected chi connectivity index (χ4v) is 1.91. The van der Waals surface area contributed by atoms with Crippen molar-refractivity contribution in [3.05, 3.63) is 35.1 Å². The van der Waals surface area contributed by atoms with Gasteiger partial charge in [-0.15, -0.1) is 0 Å². The molecule has 0 aromatic heterocycles. The van der Waals surface area contributed by atoms with Gasteiger partial charge in [0, 0.05) is 12.1 Å². The second-order valence-corrected chi connectivity index (χ2v) is 4.88. The molecule has 1 aromatic rings. The molecule has 0 bridgehead atoms. The topological polar surface area (TPSA) is 55.1 Å². The summed E-state index contributed by atoms with van der Waals surface area (Å²) in [6.45, 7) is 3.00. The van der Waals surface area contributed by atoms with Gasteiger partial charge < -0.3 is 11.1 Å². The number of amides is 1. The molecular formula is C15H17FN2O. The fourth-order valence-electron chi connectivity index (χ4n) is 1.91. The van der Waals surface area contributed by atoms with Crippen LogP contribution in [0.2, 0.25) is 0 Å². The van der Waals surface area contributed by atoms with E-state index in [2.05, 4.69) is 24.1 Å². The van der Waals surface area contributed by atoms with Crippen molar-refractivity contribution in [1.82, 2.24) is 5.32 Å². The van der Waals surface area contributed by atoms with Crippen molar-refractivity contribution in [2.75, 3.05) is 13.1 Å². The zero-order valence-corrected chi connectivity index (χ0v) is 10.9. The average molecular weight is 260 g/mol. The number of hydrogen-bond donors (Lipinski definition) is 2. The highest BCUT2D eigenvalue weighted by molar-refractivity contribution is 5.94. The lowest BCUT2D eigenvalue weighted by Crippen LogP contribution is -2.26. The number of nitrogens with two attached hydrogens (primary N) is 1. The first kappa shape index (κ1) is 13.6. The molecule has 2 atom stereocenters. The van der Waals surface area contributed by atoms with Gasteiger partial charge in [0.15, 0.2) is 0 Å². The Balaban J connectivity index is 2.00. The van der Waals surface area contributed by atoms with Gasteiger partial charge in [-0.05, 0) is 36.5 Å². The van der Waals surface area contributed by atoms with Crippen LogP contribution in [-0.4, -0.2) is 19.0 Å². The third-order valence-electron chi connectivity index (χ3n) is 3.36. The summed E-state index contributed by atoms with van der Waals surface area (Å²) < 4.78 is 13.7. The van der Waals surface area contributed by atoms with E-state index in [0.717, 1.165) is 6.42 Å². The van der Waals surface area contributed by atoms with Crippen LogP contribution in [0.5, 0.6) is 0 Å². The Morgan fingerprint density at radius 1 is 1.58 bits per heavy atom. The molecule has 0 saturated heterocycles. The zero-order chi connectivity index (χ0) is 13.8. The standard InChI is InChI=1S/C15H17FN2O/c1-10-7-13(10)9-18-15(19)12-5-4-11(3-2-6-17)14(16)8-12/h4-5,8,10,13H,6-7,9,17H2,1H3,(H,18,19). The van der Waals surface area contributed by atoms with Crippen molar-refractivity contribution in [3.8, 4) is 11.8 Å². The van der Waals surface area contributed by atoms with Crippen molar-refractivity contribution < 1.29 is 9.18 Å². The maximum atomic E-state index is 13.7.